The van der Waals surface area contributed by atoms with Crippen LogP contribution in [-0.4, -0.2) is 15.5 Å². The van der Waals surface area contributed by atoms with Gasteiger partial charge in [0.15, 0.2) is 0 Å². The molecule has 4 nitrogen and oxygen atoms in total. The van der Waals surface area contributed by atoms with Crippen LogP contribution >= 0.6 is 11.3 Å². The van der Waals surface area contributed by atoms with E-state index in [4.69, 9.17) is 0 Å². The van der Waals surface area contributed by atoms with E-state index in [0.29, 0.717) is 12.2 Å². The number of rotatable bonds is 4. The highest BCUT2D eigenvalue weighted by Crippen LogP contribution is 2.29. The largest absolute Gasteiger partial charge is 0.347 e. The van der Waals surface area contributed by atoms with Crippen molar-refractivity contribution in [3.63, 3.8) is 0 Å². The van der Waals surface area contributed by atoms with Crippen molar-refractivity contribution in [1.82, 2.24) is 14.9 Å². The Kier molecular flexibility index (Phi) is 4.36. The van der Waals surface area contributed by atoms with E-state index in [1.54, 1.807) is 40.7 Å². The summed E-state index contributed by atoms with van der Waals surface area (Å²) >= 11 is 1.59. The molecule has 0 fully saturated rings. The minimum atomic E-state index is -0.337. The summed E-state index contributed by atoms with van der Waals surface area (Å²) in [5.41, 5.74) is 2.49. The number of fused-ring (bicyclic) bond motifs is 1. The van der Waals surface area contributed by atoms with Crippen LogP contribution in [0.3, 0.4) is 0 Å². The van der Waals surface area contributed by atoms with Crippen molar-refractivity contribution < 1.29 is 9.18 Å². The summed E-state index contributed by atoms with van der Waals surface area (Å²) in [4.78, 5) is 18.4. The Morgan fingerprint density at radius 3 is 2.92 bits per heavy atom. The molecular weight excluding hydrogens is 337 g/mol. The molecule has 4 rings (SSSR count). The molecule has 1 aromatic carbocycles. The molecule has 0 saturated heterocycles. The summed E-state index contributed by atoms with van der Waals surface area (Å²) in [6.07, 6.45) is 9.41. The van der Waals surface area contributed by atoms with Gasteiger partial charge in [-0.2, -0.15) is 0 Å². The highest BCUT2D eigenvalue weighted by Gasteiger charge is 2.17. The first-order valence-electron chi connectivity index (χ1n) is 8.37. The lowest BCUT2D eigenvalue weighted by Gasteiger charge is -2.08. The second kappa shape index (κ2) is 6.80. The van der Waals surface area contributed by atoms with E-state index in [1.807, 2.05) is 12.1 Å². The number of carbonyl (C=O) groups is 1. The molecule has 6 heteroatoms. The van der Waals surface area contributed by atoms with Crippen molar-refractivity contribution in [2.75, 3.05) is 0 Å². The van der Waals surface area contributed by atoms with Gasteiger partial charge in [0, 0.05) is 23.8 Å². The van der Waals surface area contributed by atoms with Gasteiger partial charge in [0.05, 0.1) is 16.9 Å². The van der Waals surface area contributed by atoms with Gasteiger partial charge in [-0.15, -0.1) is 11.3 Å². The third kappa shape index (κ3) is 3.35. The maximum absolute atomic E-state index is 14.3. The average Bonchev–Trinajstić information content (AvgIpc) is 3.29. The number of imidazole rings is 1. The predicted octanol–water partition coefficient (Wildman–Crippen LogP) is 3.88. The molecule has 0 aliphatic heterocycles. The number of aromatic nitrogens is 2. The van der Waals surface area contributed by atoms with Gasteiger partial charge in [0.1, 0.15) is 5.82 Å². The summed E-state index contributed by atoms with van der Waals surface area (Å²) in [6.45, 7) is 0.308. The molecule has 1 aliphatic rings. The number of nitrogens with one attached hydrogen (secondary N) is 1. The van der Waals surface area contributed by atoms with Crippen molar-refractivity contribution in [2.24, 2.45) is 0 Å². The SMILES string of the molecule is O=C(NCc1ccc(-n2ccnc2)c(F)c1)c1cc2c(s1)CCCC2. The molecule has 0 atom stereocenters. The number of amides is 1. The van der Waals surface area contributed by atoms with Crippen molar-refractivity contribution in [2.45, 2.75) is 32.2 Å². The first-order chi connectivity index (χ1) is 12.2. The van der Waals surface area contributed by atoms with Gasteiger partial charge in [0.25, 0.3) is 5.91 Å². The molecule has 0 unspecified atom stereocenters. The van der Waals surface area contributed by atoms with Gasteiger partial charge in [-0.1, -0.05) is 6.07 Å². The monoisotopic (exact) mass is 355 g/mol. The van der Waals surface area contributed by atoms with E-state index in [9.17, 15) is 9.18 Å². The quantitative estimate of drug-likeness (QED) is 0.772. The van der Waals surface area contributed by atoms with Gasteiger partial charge >= 0.3 is 0 Å². The van der Waals surface area contributed by atoms with Crippen LogP contribution in [-0.2, 0) is 19.4 Å². The van der Waals surface area contributed by atoms with Crippen LogP contribution in [0.25, 0.3) is 5.69 Å². The lowest BCUT2D eigenvalue weighted by Crippen LogP contribution is -2.21. The highest BCUT2D eigenvalue weighted by atomic mass is 32.1. The zero-order chi connectivity index (χ0) is 17.2. The maximum Gasteiger partial charge on any atom is 0.261 e. The molecule has 0 spiro atoms. The number of hydrogen-bond donors (Lipinski definition) is 1. The van der Waals surface area contributed by atoms with Crippen LogP contribution < -0.4 is 5.32 Å². The Morgan fingerprint density at radius 1 is 1.28 bits per heavy atom. The number of halogens is 1. The second-order valence-corrected chi connectivity index (χ2v) is 7.34. The van der Waals surface area contributed by atoms with Crippen molar-refractivity contribution in [3.8, 4) is 5.69 Å². The maximum atomic E-state index is 14.3. The number of nitrogens with zero attached hydrogens (tertiary/aromatic N) is 2. The summed E-state index contributed by atoms with van der Waals surface area (Å²) < 4.78 is 15.9. The summed E-state index contributed by atoms with van der Waals surface area (Å²) in [6, 6.07) is 6.98. The van der Waals surface area contributed by atoms with E-state index >= 15 is 0 Å². The third-order valence-electron chi connectivity index (χ3n) is 4.47. The van der Waals surface area contributed by atoms with E-state index in [1.165, 1.54) is 29.3 Å². The smallest absolute Gasteiger partial charge is 0.261 e. The minimum Gasteiger partial charge on any atom is -0.347 e. The zero-order valence-corrected chi connectivity index (χ0v) is 14.5. The van der Waals surface area contributed by atoms with Crippen molar-refractivity contribution in [3.05, 3.63) is 69.7 Å². The Labute approximate surface area is 149 Å². The molecule has 3 aromatic rings. The van der Waals surface area contributed by atoms with Gasteiger partial charge in [-0.05, 0) is 55.0 Å². The first kappa shape index (κ1) is 16.0. The fourth-order valence-corrected chi connectivity index (χ4v) is 4.31. The van der Waals surface area contributed by atoms with E-state index in [-0.39, 0.29) is 11.7 Å². The molecule has 2 heterocycles. The van der Waals surface area contributed by atoms with Crippen molar-refractivity contribution >= 4 is 17.2 Å². The number of hydrogen-bond acceptors (Lipinski definition) is 3. The fourth-order valence-electron chi connectivity index (χ4n) is 3.14. The minimum absolute atomic E-state index is 0.0847. The number of aryl methyl sites for hydroxylation is 2. The molecule has 2 aromatic heterocycles. The van der Waals surface area contributed by atoms with E-state index < -0.39 is 0 Å². The van der Waals surface area contributed by atoms with Crippen LogP contribution in [0.2, 0.25) is 0 Å². The number of thiophene rings is 1. The van der Waals surface area contributed by atoms with Crippen LogP contribution in [0, 0.1) is 5.82 Å². The van der Waals surface area contributed by atoms with Gasteiger partial charge < -0.3 is 9.88 Å². The molecule has 1 N–H and O–H groups in total. The standard InChI is InChI=1S/C19H18FN3OS/c20-15-9-13(5-6-16(15)23-8-7-21-12-23)11-22-19(24)18-10-14-3-1-2-4-17(14)25-18/h5-10,12H,1-4,11H2,(H,22,24). The fraction of sp³-hybridized carbons (Fsp3) is 0.263. The molecule has 1 aliphatic carbocycles. The Hall–Kier alpha value is -2.47. The van der Waals surface area contributed by atoms with Crippen molar-refractivity contribution in [1.29, 1.82) is 0 Å². The van der Waals surface area contributed by atoms with Gasteiger partial charge in [-0.25, -0.2) is 9.37 Å². The molecule has 0 radical (unpaired) electrons. The van der Waals surface area contributed by atoms with Crippen LogP contribution in [0.1, 0.15) is 38.5 Å². The van der Waals surface area contributed by atoms with E-state index in [0.717, 1.165) is 23.3 Å². The lowest BCUT2D eigenvalue weighted by molar-refractivity contribution is 0.0955. The molecule has 0 bridgehead atoms. The Balaban J connectivity index is 1.43. The zero-order valence-electron chi connectivity index (χ0n) is 13.7. The normalized spacial score (nSPS) is 13.5. The lowest BCUT2D eigenvalue weighted by atomic mass is 9.99. The summed E-state index contributed by atoms with van der Waals surface area (Å²) in [7, 11) is 0. The van der Waals surface area contributed by atoms with Crippen LogP contribution in [0.5, 0.6) is 0 Å². The third-order valence-corrected chi connectivity index (χ3v) is 5.70. The molecule has 128 valence electrons. The van der Waals surface area contributed by atoms with E-state index in [2.05, 4.69) is 10.3 Å². The number of carbonyl (C=O) groups excluding carboxylic acids is 1. The summed E-state index contributed by atoms with van der Waals surface area (Å²) in [5, 5.41) is 2.89. The highest BCUT2D eigenvalue weighted by molar-refractivity contribution is 7.14. The Bertz CT molecular complexity index is 878. The second-order valence-electron chi connectivity index (χ2n) is 6.20. The first-order valence-corrected chi connectivity index (χ1v) is 9.19. The van der Waals surface area contributed by atoms with Crippen LogP contribution in [0.15, 0.2) is 43.0 Å². The average molecular weight is 355 g/mol. The Morgan fingerprint density at radius 2 is 2.16 bits per heavy atom. The topological polar surface area (TPSA) is 46.9 Å². The molecule has 25 heavy (non-hydrogen) atoms. The van der Waals surface area contributed by atoms with Crippen LogP contribution in [0.4, 0.5) is 4.39 Å². The summed E-state index contributed by atoms with van der Waals surface area (Å²) in [5.74, 6) is -0.421. The number of benzene rings is 1. The molecular formula is C19H18FN3OS. The van der Waals surface area contributed by atoms with Gasteiger partial charge in [0.2, 0.25) is 0 Å². The predicted molar refractivity (Wildman–Crippen MR) is 95.7 cm³/mol. The molecule has 1 amide bonds. The van der Waals surface area contributed by atoms with Gasteiger partial charge in [-0.3, -0.25) is 4.79 Å². The molecule has 0 saturated carbocycles.